The van der Waals surface area contributed by atoms with E-state index in [1.807, 2.05) is 38.1 Å². The predicted octanol–water partition coefficient (Wildman–Crippen LogP) is 3.67. The zero-order chi connectivity index (χ0) is 16.3. The van der Waals surface area contributed by atoms with E-state index in [-0.39, 0.29) is 30.3 Å². The van der Waals surface area contributed by atoms with Crippen molar-refractivity contribution < 1.29 is 14.3 Å². The molecule has 1 N–H and O–H groups in total. The van der Waals surface area contributed by atoms with E-state index in [9.17, 15) is 9.59 Å². The van der Waals surface area contributed by atoms with Crippen LogP contribution >= 0.6 is 15.9 Å². The van der Waals surface area contributed by atoms with Crippen molar-refractivity contribution in [2.45, 2.75) is 45.6 Å². The van der Waals surface area contributed by atoms with Gasteiger partial charge in [-0.05, 0) is 38.0 Å². The summed E-state index contributed by atoms with van der Waals surface area (Å²) in [6.07, 6.45) is 0.869. The molecule has 1 amide bonds. The van der Waals surface area contributed by atoms with Gasteiger partial charge >= 0.3 is 5.97 Å². The van der Waals surface area contributed by atoms with Crippen molar-refractivity contribution in [2.75, 3.05) is 0 Å². The fourth-order valence-corrected chi connectivity index (χ4v) is 2.75. The van der Waals surface area contributed by atoms with E-state index >= 15 is 0 Å². The van der Waals surface area contributed by atoms with Gasteiger partial charge in [0.1, 0.15) is 0 Å². The first-order valence-electron chi connectivity index (χ1n) is 7.39. The molecule has 1 aliphatic heterocycles. The van der Waals surface area contributed by atoms with Gasteiger partial charge in [-0.3, -0.25) is 4.79 Å². The van der Waals surface area contributed by atoms with E-state index in [1.165, 1.54) is 0 Å². The van der Waals surface area contributed by atoms with E-state index in [2.05, 4.69) is 21.2 Å². The van der Waals surface area contributed by atoms with Crippen LogP contribution in [-0.4, -0.2) is 18.0 Å². The van der Waals surface area contributed by atoms with Crippen LogP contribution in [0.1, 0.15) is 45.1 Å². The van der Waals surface area contributed by atoms with Crippen molar-refractivity contribution in [3.63, 3.8) is 0 Å². The molecule has 118 valence electrons. The summed E-state index contributed by atoms with van der Waals surface area (Å²) in [5.41, 5.74) is 2.06. The van der Waals surface area contributed by atoms with Crippen molar-refractivity contribution >= 4 is 27.8 Å². The lowest BCUT2D eigenvalue weighted by Crippen LogP contribution is -2.34. The molecular weight excluding hydrogens is 346 g/mol. The molecule has 1 aromatic rings. The Balaban J connectivity index is 2.36. The lowest BCUT2D eigenvalue weighted by Gasteiger charge is -2.27. The highest BCUT2D eigenvalue weighted by Crippen LogP contribution is 2.34. The summed E-state index contributed by atoms with van der Waals surface area (Å²) in [6, 6.07) is 7.68. The van der Waals surface area contributed by atoms with E-state index in [4.69, 9.17) is 4.74 Å². The molecule has 0 radical (unpaired) electrons. The Morgan fingerprint density at radius 2 is 2.05 bits per heavy atom. The van der Waals surface area contributed by atoms with Crippen molar-refractivity contribution in [1.29, 1.82) is 0 Å². The van der Waals surface area contributed by atoms with Gasteiger partial charge in [-0.2, -0.15) is 0 Å². The normalized spacial score (nSPS) is 19.6. The van der Waals surface area contributed by atoms with Crippen LogP contribution in [0.5, 0.6) is 0 Å². The monoisotopic (exact) mass is 365 g/mol. The Kier molecular flexibility index (Phi) is 5.40. The highest BCUT2D eigenvalue weighted by atomic mass is 79.9. The number of allylic oxidation sites excluding steroid dienone is 1. The van der Waals surface area contributed by atoms with Crippen LogP contribution in [0.25, 0.3) is 0 Å². The summed E-state index contributed by atoms with van der Waals surface area (Å²) < 4.78 is 6.42. The Morgan fingerprint density at radius 1 is 1.41 bits per heavy atom. The fraction of sp³-hybridized carbons (Fsp3) is 0.412. The third-order valence-electron chi connectivity index (χ3n) is 3.84. The van der Waals surface area contributed by atoms with Gasteiger partial charge < -0.3 is 10.1 Å². The zero-order valence-corrected chi connectivity index (χ0v) is 14.6. The molecule has 0 bridgehead atoms. The van der Waals surface area contributed by atoms with Gasteiger partial charge in [0, 0.05) is 22.5 Å². The molecule has 22 heavy (non-hydrogen) atoms. The Bertz CT molecular complexity index is 607. The number of carbonyl (C=O) groups is 2. The number of hydrogen-bond donors (Lipinski definition) is 1. The first-order chi connectivity index (χ1) is 10.4. The molecule has 0 saturated heterocycles. The van der Waals surface area contributed by atoms with Crippen molar-refractivity contribution in [1.82, 2.24) is 5.32 Å². The second kappa shape index (κ2) is 7.09. The number of rotatable bonds is 4. The molecule has 0 aliphatic carbocycles. The van der Waals surface area contributed by atoms with Crippen LogP contribution in [0.2, 0.25) is 0 Å². The van der Waals surface area contributed by atoms with Crippen LogP contribution in [0, 0.1) is 0 Å². The molecule has 2 atom stereocenters. The van der Waals surface area contributed by atoms with Gasteiger partial charge in [-0.15, -0.1) is 0 Å². The van der Waals surface area contributed by atoms with Gasteiger partial charge in [-0.25, -0.2) is 4.79 Å². The number of ether oxygens (including phenoxy) is 1. The molecular formula is C17H20BrNO3. The molecule has 4 nitrogen and oxygen atoms in total. The number of benzene rings is 1. The molecule has 0 saturated carbocycles. The largest absolute Gasteiger partial charge is 0.459 e. The number of esters is 1. The lowest BCUT2D eigenvalue weighted by molar-refractivity contribution is -0.144. The second-order valence-corrected chi connectivity index (χ2v) is 6.43. The molecule has 1 heterocycles. The average Bonchev–Trinajstić information content (AvgIpc) is 2.46. The molecule has 0 aromatic heterocycles. The number of amides is 1. The van der Waals surface area contributed by atoms with E-state index in [0.717, 1.165) is 16.5 Å². The maximum absolute atomic E-state index is 12.5. The smallest absolute Gasteiger partial charge is 0.336 e. The van der Waals surface area contributed by atoms with Crippen LogP contribution < -0.4 is 5.32 Å². The highest BCUT2D eigenvalue weighted by Gasteiger charge is 2.33. The van der Waals surface area contributed by atoms with Gasteiger partial charge in [-0.1, -0.05) is 35.0 Å². The first-order valence-corrected chi connectivity index (χ1v) is 8.18. The zero-order valence-electron chi connectivity index (χ0n) is 13.0. The number of nitrogens with one attached hydrogen (secondary N) is 1. The van der Waals surface area contributed by atoms with Gasteiger partial charge in [0.25, 0.3) is 0 Å². The molecule has 1 aromatic carbocycles. The third kappa shape index (κ3) is 3.77. The first kappa shape index (κ1) is 16.7. The maximum Gasteiger partial charge on any atom is 0.336 e. The number of carbonyl (C=O) groups excluding carboxylic acids is 2. The van der Waals surface area contributed by atoms with Crippen LogP contribution in [0.4, 0.5) is 0 Å². The standard InChI is InChI=1S/C17H20BrNO3/c1-4-10(2)22-17(21)16-11(3)19-15(20)9-14(16)12-5-7-13(18)8-6-12/h5-8,10,14H,4,9H2,1-3H3,(H,19,20)/t10-,14+/m1/s1. The maximum atomic E-state index is 12.5. The van der Waals surface area contributed by atoms with Gasteiger partial charge in [0.05, 0.1) is 11.7 Å². The molecule has 0 fully saturated rings. The Morgan fingerprint density at radius 3 is 2.64 bits per heavy atom. The lowest BCUT2D eigenvalue weighted by atomic mass is 9.84. The summed E-state index contributed by atoms with van der Waals surface area (Å²) in [5, 5.41) is 2.74. The Labute approximate surface area is 139 Å². The third-order valence-corrected chi connectivity index (χ3v) is 4.37. The Hall–Kier alpha value is -1.62. The topological polar surface area (TPSA) is 55.4 Å². The summed E-state index contributed by atoms with van der Waals surface area (Å²) in [6.45, 7) is 5.58. The van der Waals surface area contributed by atoms with Crippen LogP contribution in [-0.2, 0) is 14.3 Å². The van der Waals surface area contributed by atoms with Gasteiger partial charge in [0.2, 0.25) is 5.91 Å². The summed E-state index contributed by atoms with van der Waals surface area (Å²) >= 11 is 3.40. The van der Waals surface area contributed by atoms with E-state index in [0.29, 0.717) is 11.3 Å². The van der Waals surface area contributed by atoms with Crippen LogP contribution in [0.3, 0.4) is 0 Å². The minimum atomic E-state index is -0.347. The molecule has 1 aliphatic rings. The summed E-state index contributed by atoms with van der Waals surface area (Å²) in [5.74, 6) is -0.691. The second-order valence-electron chi connectivity index (χ2n) is 5.52. The SMILES string of the molecule is CC[C@@H](C)OC(=O)C1=C(C)NC(=O)C[C@H]1c1ccc(Br)cc1. The van der Waals surface area contributed by atoms with Crippen molar-refractivity contribution in [3.05, 3.63) is 45.6 Å². The van der Waals surface area contributed by atoms with Crippen molar-refractivity contribution in [2.24, 2.45) is 0 Å². The molecule has 0 unspecified atom stereocenters. The highest BCUT2D eigenvalue weighted by molar-refractivity contribution is 9.10. The number of hydrogen-bond acceptors (Lipinski definition) is 3. The minimum absolute atomic E-state index is 0.0782. The minimum Gasteiger partial charge on any atom is -0.459 e. The van der Waals surface area contributed by atoms with E-state index in [1.54, 1.807) is 6.92 Å². The van der Waals surface area contributed by atoms with Crippen LogP contribution in [0.15, 0.2) is 40.0 Å². The fourth-order valence-electron chi connectivity index (χ4n) is 2.48. The average molecular weight is 366 g/mol. The quantitative estimate of drug-likeness (QED) is 0.828. The van der Waals surface area contributed by atoms with Gasteiger partial charge in [0.15, 0.2) is 0 Å². The molecule has 0 spiro atoms. The summed E-state index contributed by atoms with van der Waals surface area (Å²) in [4.78, 5) is 24.4. The molecule has 5 heteroatoms. The van der Waals surface area contributed by atoms with E-state index < -0.39 is 0 Å². The number of halogens is 1. The predicted molar refractivity (Wildman–Crippen MR) is 88.2 cm³/mol. The van der Waals surface area contributed by atoms with Crippen molar-refractivity contribution in [3.8, 4) is 0 Å². The summed E-state index contributed by atoms with van der Waals surface area (Å²) in [7, 11) is 0. The molecule has 2 rings (SSSR count).